The maximum Gasteiger partial charge on any atom is 0.341 e. The minimum absolute atomic E-state index is 0.339. The number of hydrogen-bond donors (Lipinski definition) is 0. The molecule has 0 saturated carbocycles. The van der Waals surface area contributed by atoms with E-state index in [9.17, 15) is 4.79 Å². The summed E-state index contributed by atoms with van der Waals surface area (Å²) in [4.78, 5) is 14.2. The third-order valence-corrected chi connectivity index (χ3v) is 5.13. The fraction of sp³-hybridized carbons (Fsp3) is 0.240. The molecule has 0 fully saturated rings. The Kier molecular flexibility index (Phi) is 6.47. The summed E-state index contributed by atoms with van der Waals surface area (Å²) in [6, 6.07) is 20.3. The molecule has 4 rings (SSSR count). The summed E-state index contributed by atoms with van der Waals surface area (Å²) in [5, 5.41) is 9.36. The van der Waals surface area contributed by atoms with Gasteiger partial charge < -0.3 is 4.74 Å². The van der Waals surface area contributed by atoms with Crippen molar-refractivity contribution >= 4 is 5.97 Å². The van der Waals surface area contributed by atoms with Crippen molar-refractivity contribution in [3.8, 4) is 16.9 Å². The summed E-state index contributed by atoms with van der Waals surface area (Å²) < 4.78 is 8.80. The van der Waals surface area contributed by atoms with E-state index >= 15 is 0 Å². The SMILES string of the molecule is CCOC(=O)c1cn(CN(C)Cc2cn(-c3ccccc3)nc2-c2ccccc2)nc1C. The number of esters is 1. The Morgan fingerprint density at radius 2 is 1.69 bits per heavy atom. The predicted octanol–water partition coefficient (Wildman–Crippen LogP) is 4.31. The smallest absolute Gasteiger partial charge is 0.341 e. The van der Waals surface area contributed by atoms with E-state index in [1.165, 1.54) is 0 Å². The van der Waals surface area contributed by atoms with Gasteiger partial charge in [0.1, 0.15) is 5.56 Å². The van der Waals surface area contributed by atoms with E-state index in [0.29, 0.717) is 31.1 Å². The monoisotopic (exact) mass is 429 g/mol. The molecule has 2 aromatic heterocycles. The van der Waals surface area contributed by atoms with E-state index in [2.05, 4.69) is 28.3 Å². The highest BCUT2D eigenvalue weighted by atomic mass is 16.5. The second-order valence-corrected chi connectivity index (χ2v) is 7.69. The Bertz CT molecular complexity index is 1180. The van der Waals surface area contributed by atoms with Gasteiger partial charge in [-0.3, -0.25) is 9.58 Å². The normalized spacial score (nSPS) is 11.1. The topological polar surface area (TPSA) is 65.2 Å². The number of carbonyl (C=O) groups excluding carboxylic acids is 1. The number of aryl methyl sites for hydroxylation is 1. The van der Waals surface area contributed by atoms with Crippen LogP contribution in [-0.4, -0.2) is 44.1 Å². The first-order chi connectivity index (χ1) is 15.5. The fourth-order valence-electron chi connectivity index (χ4n) is 3.67. The van der Waals surface area contributed by atoms with Gasteiger partial charge in [-0.05, 0) is 33.0 Å². The highest BCUT2D eigenvalue weighted by Gasteiger charge is 2.17. The van der Waals surface area contributed by atoms with E-state index in [0.717, 1.165) is 22.5 Å². The number of carbonyl (C=O) groups is 1. The van der Waals surface area contributed by atoms with Gasteiger partial charge in [0, 0.05) is 30.1 Å². The van der Waals surface area contributed by atoms with Crippen LogP contribution in [0.3, 0.4) is 0 Å². The molecule has 2 heterocycles. The van der Waals surface area contributed by atoms with Crippen molar-refractivity contribution in [3.63, 3.8) is 0 Å². The van der Waals surface area contributed by atoms with Gasteiger partial charge in [0.15, 0.2) is 0 Å². The van der Waals surface area contributed by atoms with Gasteiger partial charge in [0.05, 0.1) is 30.4 Å². The molecule has 0 bridgehead atoms. The third-order valence-electron chi connectivity index (χ3n) is 5.13. The molecule has 0 aliphatic carbocycles. The first kappa shape index (κ1) is 21.5. The number of nitrogens with zero attached hydrogens (tertiary/aromatic N) is 5. The second kappa shape index (κ2) is 9.62. The lowest BCUT2D eigenvalue weighted by Crippen LogP contribution is -2.22. The second-order valence-electron chi connectivity index (χ2n) is 7.69. The number of rotatable bonds is 8. The average molecular weight is 430 g/mol. The van der Waals surface area contributed by atoms with Gasteiger partial charge in [0.25, 0.3) is 0 Å². The zero-order valence-corrected chi connectivity index (χ0v) is 18.6. The summed E-state index contributed by atoms with van der Waals surface area (Å²) in [6.45, 7) is 5.16. The van der Waals surface area contributed by atoms with Crippen LogP contribution in [-0.2, 0) is 18.0 Å². The van der Waals surface area contributed by atoms with Crippen LogP contribution in [0.2, 0.25) is 0 Å². The van der Waals surface area contributed by atoms with Crippen molar-refractivity contribution in [2.45, 2.75) is 27.1 Å². The van der Waals surface area contributed by atoms with Crippen LogP contribution in [0.25, 0.3) is 16.9 Å². The van der Waals surface area contributed by atoms with Crippen molar-refractivity contribution < 1.29 is 9.53 Å². The Morgan fingerprint density at radius 3 is 2.38 bits per heavy atom. The largest absolute Gasteiger partial charge is 0.462 e. The van der Waals surface area contributed by atoms with E-state index in [4.69, 9.17) is 9.84 Å². The molecule has 0 N–H and O–H groups in total. The molecule has 0 radical (unpaired) electrons. The minimum Gasteiger partial charge on any atom is -0.462 e. The summed E-state index contributed by atoms with van der Waals surface area (Å²) in [5.74, 6) is -0.339. The fourth-order valence-corrected chi connectivity index (χ4v) is 3.67. The highest BCUT2D eigenvalue weighted by molar-refractivity contribution is 5.90. The van der Waals surface area contributed by atoms with Crippen LogP contribution in [0.1, 0.15) is 28.5 Å². The van der Waals surface area contributed by atoms with Crippen molar-refractivity contribution in [1.82, 2.24) is 24.5 Å². The lowest BCUT2D eigenvalue weighted by molar-refractivity contribution is 0.0525. The summed E-state index contributed by atoms with van der Waals surface area (Å²) in [7, 11) is 2.02. The van der Waals surface area contributed by atoms with Gasteiger partial charge in [-0.1, -0.05) is 48.5 Å². The number of aromatic nitrogens is 4. The number of ether oxygens (including phenoxy) is 1. The zero-order valence-electron chi connectivity index (χ0n) is 18.6. The average Bonchev–Trinajstić information content (AvgIpc) is 3.38. The molecule has 2 aromatic carbocycles. The molecular formula is C25H27N5O2. The number of para-hydroxylation sites is 1. The van der Waals surface area contributed by atoms with Crippen LogP contribution >= 0.6 is 0 Å². The molecule has 0 atom stereocenters. The molecule has 0 unspecified atom stereocenters. The van der Waals surface area contributed by atoms with Crippen molar-refractivity contribution in [1.29, 1.82) is 0 Å². The predicted molar refractivity (Wildman–Crippen MR) is 123 cm³/mol. The molecule has 164 valence electrons. The first-order valence-electron chi connectivity index (χ1n) is 10.6. The zero-order chi connectivity index (χ0) is 22.5. The molecule has 0 spiro atoms. The lowest BCUT2D eigenvalue weighted by Gasteiger charge is -2.16. The lowest BCUT2D eigenvalue weighted by atomic mass is 10.1. The van der Waals surface area contributed by atoms with Crippen molar-refractivity contribution in [2.24, 2.45) is 0 Å². The van der Waals surface area contributed by atoms with Crippen molar-refractivity contribution in [2.75, 3.05) is 13.7 Å². The molecule has 4 aromatic rings. The summed E-state index contributed by atoms with van der Waals surface area (Å²) in [6.07, 6.45) is 3.82. The molecule has 7 heteroatoms. The van der Waals surface area contributed by atoms with E-state index in [1.54, 1.807) is 17.8 Å². The number of benzene rings is 2. The summed E-state index contributed by atoms with van der Waals surface area (Å²) >= 11 is 0. The van der Waals surface area contributed by atoms with Crippen LogP contribution in [0.5, 0.6) is 0 Å². The van der Waals surface area contributed by atoms with Crippen LogP contribution in [0, 0.1) is 6.92 Å². The molecule has 7 nitrogen and oxygen atoms in total. The molecular weight excluding hydrogens is 402 g/mol. The maximum absolute atomic E-state index is 12.1. The van der Waals surface area contributed by atoms with Crippen molar-refractivity contribution in [3.05, 3.63) is 89.9 Å². The van der Waals surface area contributed by atoms with Crippen LogP contribution < -0.4 is 0 Å². The van der Waals surface area contributed by atoms with Gasteiger partial charge in [-0.25, -0.2) is 9.48 Å². The quantitative estimate of drug-likeness (QED) is 0.391. The third kappa shape index (κ3) is 4.78. The van der Waals surface area contributed by atoms with E-state index in [1.807, 2.05) is 67.2 Å². The number of hydrogen-bond acceptors (Lipinski definition) is 5. The first-order valence-corrected chi connectivity index (χ1v) is 10.6. The van der Waals surface area contributed by atoms with E-state index < -0.39 is 0 Å². The standard InChI is InChI=1S/C25H27N5O2/c1-4-32-25(31)23-17-29(26-19(23)2)18-28(3)15-21-16-30(22-13-9-6-10-14-22)27-24(21)20-11-7-5-8-12-20/h5-14,16-17H,4,15,18H2,1-3H3. The molecule has 0 amide bonds. The molecule has 0 saturated heterocycles. The van der Waals surface area contributed by atoms with Gasteiger partial charge >= 0.3 is 5.97 Å². The Labute approximate surface area is 187 Å². The highest BCUT2D eigenvalue weighted by Crippen LogP contribution is 2.25. The summed E-state index contributed by atoms with van der Waals surface area (Å²) in [5.41, 5.74) is 5.31. The Balaban J connectivity index is 1.57. The van der Waals surface area contributed by atoms with E-state index in [-0.39, 0.29) is 5.97 Å². The van der Waals surface area contributed by atoms with Gasteiger partial charge in [-0.2, -0.15) is 10.2 Å². The molecule has 32 heavy (non-hydrogen) atoms. The van der Waals surface area contributed by atoms with Gasteiger partial charge in [-0.15, -0.1) is 0 Å². The molecule has 0 aliphatic heterocycles. The maximum atomic E-state index is 12.1. The Hall–Kier alpha value is -3.71. The molecule has 0 aliphatic rings. The van der Waals surface area contributed by atoms with Gasteiger partial charge in [0.2, 0.25) is 0 Å². The Morgan fingerprint density at radius 1 is 1.00 bits per heavy atom. The van der Waals surface area contributed by atoms with Crippen LogP contribution in [0.15, 0.2) is 73.1 Å². The minimum atomic E-state index is -0.339. The van der Waals surface area contributed by atoms with Crippen LogP contribution in [0.4, 0.5) is 0 Å².